The first-order valence-electron chi connectivity index (χ1n) is 12.2. The molecular formula is C27H31N3O5S. The van der Waals surface area contributed by atoms with Gasteiger partial charge in [0.25, 0.3) is 5.91 Å². The number of rotatable bonds is 8. The van der Waals surface area contributed by atoms with Crippen molar-refractivity contribution in [1.29, 1.82) is 0 Å². The van der Waals surface area contributed by atoms with E-state index in [0.717, 1.165) is 36.1 Å². The van der Waals surface area contributed by atoms with Crippen molar-refractivity contribution in [2.75, 3.05) is 16.8 Å². The highest BCUT2D eigenvalue weighted by Crippen LogP contribution is 2.31. The highest BCUT2D eigenvalue weighted by Gasteiger charge is 2.46. The van der Waals surface area contributed by atoms with Gasteiger partial charge in [0.1, 0.15) is 6.04 Å². The zero-order chi connectivity index (χ0) is 25.9. The van der Waals surface area contributed by atoms with Crippen LogP contribution in [0.1, 0.15) is 51.0 Å². The maximum Gasteiger partial charge on any atom is 0.252 e. The van der Waals surface area contributed by atoms with Crippen LogP contribution in [0.25, 0.3) is 0 Å². The first-order valence-corrected chi connectivity index (χ1v) is 13.6. The van der Waals surface area contributed by atoms with Gasteiger partial charge in [-0.25, -0.2) is 13.3 Å². The van der Waals surface area contributed by atoms with E-state index in [1.54, 1.807) is 36.4 Å². The van der Waals surface area contributed by atoms with Gasteiger partial charge in [-0.15, -0.1) is 0 Å². The summed E-state index contributed by atoms with van der Waals surface area (Å²) in [7, 11) is -4.03. The largest absolute Gasteiger partial charge is 0.326 e. The van der Waals surface area contributed by atoms with Crippen molar-refractivity contribution < 1.29 is 22.8 Å². The zero-order valence-corrected chi connectivity index (χ0v) is 21.4. The molecule has 1 atom stereocenters. The molecule has 0 saturated carbocycles. The number of sulfonamides is 1. The summed E-state index contributed by atoms with van der Waals surface area (Å²) in [4.78, 5) is 38.9. The minimum atomic E-state index is -4.03. The van der Waals surface area contributed by atoms with Crippen LogP contribution in [0, 0.1) is 6.92 Å². The average molecular weight is 510 g/mol. The fourth-order valence-electron chi connectivity index (χ4n) is 4.68. The summed E-state index contributed by atoms with van der Waals surface area (Å²) < 4.78 is 28.7. The summed E-state index contributed by atoms with van der Waals surface area (Å²) in [6.45, 7) is 3.39. The van der Waals surface area contributed by atoms with Gasteiger partial charge in [0.2, 0.25) is 21.8 Å². The minimum absolute atomic E-state index is 0.101. The smallest absolute Gasteiger partial charge is 0.252 e. The lowest BCUT2D eigenvalue weighted by Gasteiger charge is -2.28. The lowest BCUT2D eigenvalue weighted by atomic mass is 9.97. The van der Waals surface area contributed by atoms with Gasteiger partial charge >= 0.3 is 0 Å². The second kappa shape index (κ2) is 10.8. The Hall–Kier alpha value is -3.30. The fraction of sp³-hybridized carbons (Fsp3) is 0.370. The molecule has 3 amide bonds. The van der Waals surface area contributed by atoms with Gasteiger partial charge in [-0.05, 0) is 75.4 Å². The van der Waals surface area contributed by atoms with Crippen molar-refractivity contribution in [3.63, 3.8) is 0 Å². The fourth-order valence-corrected chi connectivity index (χ4v) is 6.27. The van der Waals surface area contributed by atoms with Gasteiger partial charge in [-0.1, -0.05) is 29.3 Å². The number of allylic oxidation sites excluding steroid dienone is 1. The summed E-state index contributed by atoms with van der Waals surface area (Å²) in [5, 5.41) is 2.64. The molecule has 1 aliphatic heterocycles. The number of hydrogen-bond acceptors (Lipinski definition) is 5. The number of carbonyl (C=O) groups is 3. The number of amides is 3. The van der Waals surface area contributed by atoms with Crippen LogP contribution in [0.4, 0.5) is 11.4 Å². The molecule has 0 aromatic heterocycles. The molecular weight excluding hydrogens is 478 g/mol. The summed E-state index contributed by atoms with van der Waals surface area (Å²) >= 11 is 0. The van der Waals surface area contributed by atoms with Crippen LogP contribution in [0.2, 0.25) is 0 Å². The van der Waals surface area contributed by atoms with E-state index in [1.165, 1.54) is 28.9 Å². The van der Waals surface area contributed by atoms with E-state index < -0.39 is 27.9 Å². The van der Waals surface area contributed by atoms with E-state index in [9.17, 15) is 22.8 Å². The number of carbonyl (C=O) groups excluding carboxylic acids is 3. The third-order valence-electron chi connectivity index (χ3n) is 6.58. The SMILES string of the molecule is CC(=O)Nc1ccc(N2C(=O)CC(N(CCC3=CCCCC3)S(=O)(=O)c3ccc(C)cc3)C2=O)cc1. The Morgan fingerprint density at radius 1 is 1.06 bits per heavy atom. The van der Waals surface area contributed by atoms with Crippen molar-refractivity contribution >= 4 is 39.1 Å². The molecule has 8 nitrogen and oxygen atoms in total. The zero-order valence-electron chi connectivity index (χ0n) is 20.6. The van der Waals surface area contributed by atoms with Crippen LogP contribution in [-0.2, 0) is 24.4 Å². The number of nitrogens with one attached hydrogen (secondary N) is 1. The van der Waals surface area contributed by atoms with Crippen molar-refractivity contribution in [3.8, 4) is 0 Å². The first-order chi connectivity index (χ1) is 17.2. The first kappa shape index (κ1) is 25.8. The van der Waals surface area contributed by atoms with E-state index in [2.05, 4.69) is 11.4 Å². The molecule has 0 radical (unpaired) electrons. The molecule has 36 heavy (non-hydrogen) atoms. The second-order valence-electron chi connectivity index (χ2n) is 9.30. The lowest BCUT2D eigenvalue weighted by Crippen LogP contribution is -2.46. The predicted molar refractivity (Wildman–Crippen MR) is 138 cm³/mol. The topological polar surface area (TPSA) is 104 Å². The van der Waals surface area contributed by atoms with Gasteiger partial charge < -0.3 is 5.32 Å². The Morgan fingerprint density at radius 3 is 2.36 bits per heavy atom. The van der Waals surface area contributed by atoms with Gasteiger partial charge in [0.15, 0.2) is 0 Å². The van der Waals surface area contributed by atoms with Gasteiger partial charge in [-0.3, -0.25) is 14.4 Å². The minimum Gasteiger partial charge on any atom is -0.326 e. The molecule has 1 fully saturated rings. The normalized spacial score (nSPS) is 18.5. The van der Waals surface area contributed by atoms with Crippen LogP contribution >= 0.6 is 0 Å². The maximum atomic E-state index is 13.7. The number of hydrogen-bond donors (Lipinski definition) is 1. The Bertz CT molecular complexity index is 1280. The van der Waals surface area contributed by atoms with Gasteiger partial charge in [0, 0.05) is 19.2 Å². The summed E-state index contributed by atoms with van der Waals surface area (Å²) in [6.07, 6.45) is 6.54. The third kappa shape index (κ3) is 5.57. The van der Waals surface area contributed by atoms with Gasteiger partial charge in [0.05, 0.1) is 17.0 Å². The van der Waals surface area contributed by atoms with E-state index in [0.29, 0.717) is 17.8 Å². The number of aryl methyl sites for hydroxylation is 1. The standard InChI is InChI=1S/C27H31N3O5S/c1-19-8-14-24(15-9-19)36(34,35)29(17-16-21-6-4-3-5-7-21)25-18-26(32)30(27(25)33)23-12-10-22(11-13-23)28-20(2)31/h6,8-15,25H,3-5,7,16-18H2,1-2H3,(H,28,31). The molecule has 1 saturated heterocycles. The monoisotopic (exact) mass is 509 g/mol. The van der Waals surface area contributed by atoms with E-state index in [1.807, 2.05) is 6.92 Å². The molecule has 9 heteroatoms. The molecule has 190 valence electrons. The van der Waals surface area contributed by atoms with Crippen LogP contribution in [0.3, 0.4) is 0 Å². The number of anilines is 2. The Labute approximate surface area is 212 Å². The molecule has 1 heterocycles. The van der Waals surface area contributed by atoms with E-state index in [4.69, 9.17) is 0 Å². The molecule has 1 unspecified atom stereocenters. The van der Waals surface area contributed by atoms with Crippen LogP contribution in [0.15, 0.2) is 65.1 Å². The highest BCUT2D eigenvalue weighted by atomic mass is 32.2. The Morgan fingerprint density at radius 2 is 1.75 bits per heavy atom. The van der Waals surface area contributed by atoms with Crippen molar-refractivity contribution in [3.05, 3.63) is 65.7 Å². The molecule has 2 aromatic rings. The number of nitrogens with zero attached hydrogens (tertiary/aromatic N) is 2. The highest BCUT2D eigenvalue weighted by molar-refractivity contribution is 7.89. The van der Waals surface area contributed by atoms with Gasteiger partial charge in [-0.2, -0.15) is 4.31 Å². The maximum absolute atomic E-state index is 13.7. The molecule has 2 aliphatic rings. The Balaban J connectivity index is 1.63. The second-order valence-corrected chi connectivity index (χ2v) is 11.2. The van der Waals surface area contributed by atoms with Crippen LogP contribution < -0.4 is 10.2 Å². The van der Waals surface area contributed by atoms with E-state index >= 15 is 0 Å². The lowest BCUT2D eigenvalue weighted by molar-refractivity contribution is -0.122. The molecule has 1 N–H and O–H groups in total. The molecule has 0 spiro atoms. The number of benzene rings is 2. The van der Waals surface area contributed by atoms with Crippen molar-refractivity contribution in [2.45, 2.75) is 63.3 Å². The Kier molecular flexibility index (Phi) is 7.70. The average Bonchev–Trinajstić information content (AvgIpc) is 3.13. The number of imide groups is 1. The third-order valence-corrected chi connectivity index (χ3v) is 8.50. The molecule has 4 rings (SSSR count). The quantitative estimate of drug-likeness (QED) is 0.425. The summed E-state index contributed by atoms with van der Waals surface area (Å²) in [5.41, 5.74) is 2.98. The summed E-state index contributed by atoms with van der Waals surface area (Å²) in [5.74, 6) is -1.26. The predicted octanol–water partition coefficient (Wildman–Crippen LogP) is 4.17. The molecule has 1 aliphatic carbocycles. The van der Waals surface area contributed by atoms with Crippen molar-refractivity contribution in [2.24, 2.45) is 0 Å². The van der Waals surface area contributed by atoms with Crippen molar-refractivity contribution in [1.82, 2.24) is 4.31 Å². The van der Waals surface area contributed by atoms with Crippen LogP contribution in [-0.4, -0.2) is 43.0 Å². The van der Waals surface area contributed by atoms with E-state index in [-0.39, 0.29) is 23.8 Å². The summed E-state index contributed by atoms with van der Waals surface area (Å²) in [6, 6.07) is 11.7. The molecule has 0 bridgehead atoms. The molecule has 2 aromatic carbocycles. The van der Waals surface area contributed by atoms with Crippen LogP contribution in [0.5, 0.6) is 0 Å².